The highest BCUT2D eigenvalue weighted by Gasteiger charge is 2.32. The molecule has 1 aromatic carbocycles. The van der Waals surface area contributed by atoms with Crippen LogP contribution in [0.1, 0.15) is 48.3 Å². The van der Waals surface area contributed by atoms with Gasteiger partial charge >= 0.3 is 0 Å². The minimum atomic E-state index is -0.282. The zero-order valence-electron chi connectivity index (χ0n) is 17.8. The Balaban J connectivity index is 1.56. The van der Waals surface area contributed by atoms with Crippen LogP contribution >= 0.6 is 0 Å². The lowest BCUT2D eigenvalue weighted by Crippen LogP contribution is -2.50. The number of piperazine rings is 1. The van der Waals surface area contributed by atoms with E-state index in [1.165, 1.54) is 18.4 Å². The number of carbonyl (C=O) groups is 1. The van der Waals surface area contributed by atoms with Crippen molar-refractivity contribution in [2.45, 2.75) is 32.9 Å². The average Bonchev–Trinajstić information content (AvgIpc) is 3.46. The molecular formula is C22H27FN6O2. The van der Waals surface area contributed by atoms with E-state index in [4.69, 9.17) is 4.42 Å². The van der Waals surface area contributed by atoms with Crippen LogP contribution in [0.5, 0.6) is 0 Å². The third-order valence-electron chi connectivity index (χ3n) is 5.61. The van der Waals surface area contributed by atoms with Gasteiger partial charge in [-0.1, -0.05) is 26.0 Å². The minimum absolute atomic E-state index is 0.107. The van der Waals surface area contributed by atoms with Gasteiger partial charge in [0.15, 0.2) is 11.6 Å². The van der Waals surface area contributed by atoms with Gasteiger partial charge in [-0.2, -0.15) is 0 Å². The fourth-order valence-electron chi connectivity index (χ4n) is 3.85. The second kappa shape index (κ2) is 9.38. The van der Waals surface area contributed by atoms with E-state index in [9.17, 15) is 9.18 Å². The molecule has 0 spiro atoms. The van der Waals surface area contributed by atoms with Crippen molar-refractivity contribution in [3.05, 3.63) is 65.6 Å². The molecule has 4 rings (SSSR count). The molecule has 1 saturated heterocycles. The number of amides is 1. The predicted molar refractivity (Wildman–Crippen MR) is 112 cm³/mol. The van der Waals surface area contributed by atoms with Crippen molar-refractivity contribution in [1.29, 1.82) is 0 Å². The summed E-state index contributed by atoms with van der Waals surface area (Å²) < 4.78 is 20.7. The molecule has 2 aromatic heterocycles. The topological polar surface area (TPSA) is 80.3 Å². The van der Waals surface area contributed by atoms with Gasteiger partial charge in [-0.25, -0.2) is 9.07 Å². The van der Waals surface area contributed by atoms with Crippen LogP contribution in [0.25, 0.3) is 0 Å². The summed E-state index contributed by atoms with van der Waals surface area (Å²) in [5.41, 5.74) is 0.924. The van der Waals surface area contributed by atoms with Crippen LogP contribution in [0.3, 0.4) is 0 Å². The van der Waals surface area contributed by atoms with Crippen LogP contribution in [0.2, 0.25) is 0 Å². The highest BCUT2D eigenvalue weighted by molar-refractivity contribution is 5.91. The number of hydrogen-bond acceptors (Lipinski definition) is 6. The Kier molecular flexibility index (Phi) is 6.41. The summed E-state index contributed by atoms with van der Waals surface area (Å²) in [6.45, 7) is 7.45. The molecule has 0 aliphatic carbocycles. The highest BCUT2D eigenvalue weighted by Crippen LogP contribution is 2.29. The van der Waals surface area contributed by atoms with Crippen LogP contribution in [0.4, 0.5) is 4.39 Å². The number of halogens is 1. The Hall–Kier alpha value is -3.07. The lowest BCUT2D eigenvalue weighted by atomic mass is 10.0. The van der Waals surface area contributed by atoms with Gasteiger partial charge in [0.05, 0.1) is 12.3 Å². The Morgan fingerprint density at radius 1 is 1.13 bits per heavy atom. The van der Waals surface area contributed by atoms with Gasteiger partial charge < -0.3 is 9.32 Å². The second-order valence-electron chi connectivity index (χ2n) is 8.20. The first-order chi connectivity index (χ1) is 15.0. The molecule has 0 N–H and O–H groups in total. The molecule has 3 heterocycles. The Morgan fingerprint density at radius 2 is 1.87 bits per heavy atom. The van der Waals surface area contributed by atoms with Gasteiger partial charge in [-0.15, -0.1) is 5.10 Å². The van der Waals surface area contributed by atoms with Crippen LogP contribution in [0, 0.1) is 11.7 Å². The first-order valence-electron chi connectivity index (χ1n) is 10.6. The van der Waals surface area contributed by atoms with E-state index in [1.54, 1.807) is 29.2 Å². The molecule has 1 fully saturated rings. The van der Waals surface area contributed by atoms with Crippen molar-refractivity contribution in [2.75, 3.05) is 26.2 Å². The number of tetrazole rings is 1. The number of furan rings is 1. The Labute approximate surface area is 180 Å². The van der Waals surface area contributed by atoms with Crippen LogP contribution in [-0.4, -0.2) is 62.1 Å². The average molecular weight is 426 g/mol. The van der Waals surface area contributed by atoms with Crippen molar-refractivity contribution >= 4 is 5.91 Å². The van der Waals surface area contributed by atoms with Crippen molar-refractivity contribution in [3.63, 3.8) is 0 Å². The third-order valence-corrected chi connectivity index (χ3v) is 5.61. The zero-order valence-corrected chi connectivity index (χ0v) is 17.8. The fourth-order valence-corrected chi connectivity index (χ4v) is 3.85. The molecule has 0 unspecified atom stereocenters. The van der Waals surface area contributed by atoms with Crippen molar-refractivity contribution < 1.29 is 13.6 Å². The second-order valence-corrected chi connectivity index (χ2v) is 8.20. The molecule has 164 valence electrons. The standard InChI is InChI=1S/C22H27FN6O2/c1-16(2)9-10-29-21(24-25-26-29)20(17-5-7-18(23)8-6-17)27-11-13-28(14-12-27)22(30)19-4-3-15-31-19/h3-8,15-16,20H,9-14H2,1-2H3/t20-/m1/s1. The number of aryl methyl sites for hydroxylation is 1. The van der Waals surface area contributed by atoms with Gasteiger partial charge in [-0.05, 0) is 52.6 Å². The summed E-state index contributed by atoms with van der Waals surface area (Å²) in [5, 5.41) is 12.5. The van der Waals surface area contributed by atoms with Crippen molar-refractivity contribution in [1.82, 2.24) is 30.0 Å². The van der Waals surface area contributed by atoms with Gasteiger partial charge in [0, 0.05) is 32.7 Å². The quantitative estimate of drug-likeness (QED) is 0.578. The molecule has 31 heavy (non-hydrogen) atoms. The predicted octanol–water partition coefficient (Wildman–Crippen LogP) is 3.00. The molecule has 9 heteroatoms. The first kappa shape index (κ1) is 21.2. The van der Waals surface area contributed by atoms with E-state index < -0.39 is 0 Å². The molecule has 0 radical (unpaired) electrons. The molecule has 3 aromatic rings. The number of nitrogens with zero attached hydrogens (tertiary/aromatic N) is 6. The number of aromatic nitrogens is 4. The molecular weight excluding hydrogens is 399 g/mol. The molecule has 0 saturated carbocycles. The van der Waals surface area contributed by atoms with E-state index in [0.717, 1.165) is 17.8 Å². The normalized spacial score (nSPS) is 16.1. The van der Waals surface area contributed by atoms with Gasteiger partial charge in [0.25, 0.3) is 5.91 Å². The maximum Gasteiger partial charge on any atom is 0.289 e. The molecule has 1 atom stereocenters. The molecule has 0 bridgehead atoms. The van der Waals surface area contributed by atoms with E-state index in [2.05, 4.69) is 34.3 Å². The van der Waals surface area contributed by atoms with Crippen LogP contribution < -0.4 is 0 Å². The van der Waals surface area contributed by atoms with Gasteiger partial charge in [0.1, 0.15) is 5.82 Å². The smallest absolute Gasteiger partial charge is 0.289 e. The van der Waals surface area contributed by atoms with Gasteiger partial charge in [-0.3, -0.25) is 9.69 Å². The monoisotopic (exact) mass is 426 g/mol. The summed E-state index contributed by atoms with van der Waals surface area (Å²) in [7, 11) is 0. The van der Waals surface area contributed by atoms with Crippen molar-refractivity contribution in [3.8, 4) is 0 Å². The summed E-state index contributed by atoms with van der Waals surface area (Å²) >= 11 is 0. The number of benzene rings is 1. The SMILES string of the molecule is CC(C)CCn1nnnc1[C@@H](c1ccc(F)cc1)N1CCN(C(=O)c2ccco2)CC1. The summed E-state index contributed by atoms with van der Waals surface area (Å²) in [6.07, 6.45) is 2.46. The summed E-state index contributed by atoms with van der Waals surface area (Å²) in [5.74, 6) is 1.22. The zero-order chi connectivity index (χ0) is 21.8. The van der Waals surface area contributed by atoms with E-state index in [-0.39, 0.29) is 17.8 Å². The first-order valence-corrected chi connectivity index (χ1v) is 10.6. The third kappa shape index (κ3) is 4.82. The number of hydrogen-bond donors (Lipinski definition) is 0. The highest BCUT2D eigenvalue weighted by atomic mass is 19.1. The molecule has 1 aliphatic rings. The Morgan fingerprint density at radius 3 is 2.52 bits per heavy atom. The largest absolute Gasteiger partial charge is 0.459 e. The fraction of sp³-hybridized carbons (Fsp3) is 0.455. The lowest BCUT2D eigenvalue weighted by molar-refractivity contribution is 0.0559. The molecule has 8 nitrogen and oxygen atoms in total. The van der Waals surface area contributed by atoms with Gasteiger partial charge in [0.2, 0.25) is 0 Å². The van der Waals surface area contributed by atoms with E-state index in [0.29, 0.717) is 44.4 Å². The van der Waals surface area contributed by atoms with Crippen molar-refractivity contribution in [2.24, 2.45) is 5.92 Å². The maximum atomic E-state index is 13.6. The number of rotatable bonds is 7. The summed E-state index contributed by atoms with van der Waals surface area (Å²) in [4.78, 5) is 16.6. The van der Waals surface area contributed by atoms with E-state index >= 15 is 0 Å². The summed E-state index contributed by atoms with van der Waals surface area (Å²) in [6, 6.07) is 9.65. The minimum Gasteiger partial charge on any atom is -0.459 e. The lowest BCUT2D eigenvalue weighted by Gasteiger charge is -2.38. The van der Waals surface area contributed by atoms with Crippen LogP contribution in [0.15, 0.2) is 47.1 Å². The Bertz CT molecular complexity index is 978. The number of carbonyl (C=O) groups excluding carboxylic acids is 1. The van der Waals surface area contributed by atoms with Crippen LogP contribution in [-0.2, 0) is 6.54 Å². The molecule has 1 aliphatic heterocycles. The maximum absolute atomic E-state index is 13.6. The molecule has 1 amide bonds. The van der Waals surface area contributed by atoms with E-state index in [1.807, 2.05) is 4.68 Å².